The van der Waals surface area contributed by atoms with Crippen molar-refractivity contribution in [3.05, 3.63) is 87.8 Å². The molecule has 2 heterocycles. The van der Waals surface area contributed by atoms with E-state index in [2.05, 4.69) is 81.8 Å². The van der Waals surface area contributed by atoms with Gasteiger partial charge in [0.15, 0.2) is 0 Å². The molecule has 5 rings (SSSR count). The van der Waals surface area contributed by atoms with Gasteiger partial charge in [-0.2, -0.15) is 5.26 Å². The lowest BCUT2D eigenvalue weighted by atomic mass is 9.96. The van der Waals surface area contributed by atoms with E-state index in [-0.39, 0.29) is 11.9 Å². The highest BCUT2D eigenvalue weighted by Crippen LogP contribution is 2.36. The van der Waals surface area contributed by atoms with Crippen molar-refractivity contribution in [1.82, 2.24) is 9.80 Å². The molecule has 5 nitrogen and oxygen atoms in total. The first-order valence-corrected chi connectivity index (χ1v) is 14.0. The molecule has 36 heavy (non-hydrogen) atoms. The number of anilines is 1. The summed E-state index contributed by atoms with van der Waals surface area (Å²) in [4.78, 5) is 19.0. The van der Waals surface area contributed by atoms with Crippen LogP contribution in [-0.4, -0.2) is 48.4 Å². The highest BCUT2D eigenvalue weighted by atomic mass is 32.1. The Kier molecular flexibility index (Phi) is 8.12. The Morgan fingerprint density at radius 2 is 1.50 bits per heavy atom. The molecule has 1 amide bonds. The van der Waals surface area contributed by atoms with Crippen LogP contribution in [-0.2, 0) is 17.6 Å². The summed E-state index contributed by atoms with van der Waals surface area (Å²) in [5.74, 6) is -0.0168. The maximum absolute atomic E-state index is 13.0. The monoisotopic (exact) mass is 498 g/mol. The van der Waals surface area contributed by atoms with Crippen molar-refractivity contribution in [3.8, 4) is 6.07 Å². The van der Waals surface area contributed by atoms with Gasteiger partial charge in [0.1, 0.15) is 11.1 Å². The molecular weight excluding hydrogens is 464 g/mol. The summed E-state index contributed by atoms with van der Waals surface area (Å²) in [5.41, 5.74) is 4.47. The molecule has 0 unspecified atom stereocenters. The molecule has 186 valence electrons. The Bertz CT molecular complexity index is 1150. The number of piperazine rings is 1. The molecule has 1 aliphatic heterocycles. The molecule has 2 aliphatic rings. The van der Waals surface area contributed by atoms with Crippen LogP contribution in [0.3, 0.4) is 0 Å². The van der Waals surface area contributed by atoms with Crippen molar-refractivity contribution in [2.45, 2.75) is 44.6 Å². The number of carbonyl (C=O) groups is 1. The molecule has 0 atom stereocenters. The number of hydrogen-bond acceptors (Lipinski definition) is 5. The molecule has 3 aromatic rings. The van der Waals surface area contributed by atoms with Gasteiger partial charge in [-0.1, -0.05) is 73.5 Å². The molecule has 1 fully saturated rings. The van der Waals surface area contributed by atoms with Crippen LogP contribution in [0, 0.1) is 11.3 Å². The zero-order chi connectivity index (χ0) is 24.7. The van der Waals surface area contributed by atoms with Crippen LogP contribution in [0.25, 0.3) is 0 Å². The van der Waals surface area contributed by atoms with E-state index in [1.165, 1.54) is 40.8 Å². The van der Waals surface area contributed by atoms with E-state index in [4.69, 9.17) is 0 Å². The number of amides is 1. The number of carbonyl (C=O) groups excluding carboxylic acids is 1. The first kappa shape index (κ1) is 24.7. The molecule has 1 N–H and O–H groups in total. The van der Waals surface area contributed by atoms with Gasteiger partial charge in [-0.05, 0) is 42.4 Å². The van der Waals surface area contributed by atoms with Gasteiger partial charge >= 0.3 is 0 Å². The van der Waals surface area contributed by atoms with Crippen LogP contribution in [0.2, 0.25) is 0 Å². The zero-order valence-electron chi connectivity index (χ0n) is 20.8. The normalized spacial score (nSPS) is 17.1. The van der Waals surface area contributed by atoms with Crippen LogP contribution in [0.4, 0.5) is 5.00 Å². The minimum atomic E-state index is -0.0168. The Morgan fingerprint density at radius 1 is 0.889 bits per heavy atom. The van der Waals surface area contributed by atoms with Gasteiger partial charge in [-0.3, -0.25) is 14.6 Å². The Hall–Kier alpha value is -2.98. The summed E-state index contributed by atoms with van der Waals surface area (Å²) < 4.78 is 0. The number of benzene rings is 2. The van der Waals surface area contributed by atoms with E-state index in [9.17, 15) is 10.1 Å². The Balaban J connectivity index is 1.22. The highest BCUT2D eigenvalue weighted by Gasteiger charge is 2.27. The number of nitriles is 1. The van der Waals surface area contributed by atoms with Crippen LogP contribution < -0.4 is 5.32 Å². The summed E-state index contributed by atoms with van der Waals surface area (Å²) in [6.45, 7) is 3.85. The largest absolute Gasteiger partial charge is 0.315 e. The number of nitrogens with one attached hydrogen (secondary N) is 1. The fourth-order valence-corrected chi connectivity index (χ4v) is 6.82. The zero-order valence-corrected chi connectivity index (χ0v) is 21.6. The number of fused-ring (bicyclic) bond motifs is 1. The number of nitrogens with zero attached hydrogens (tertiary/aromatic N) is 3. The topological polar surface area (TPSA) is 59.4 Å². The van der Waals surface area contributed by atoms with Crippen molar-refractivity contribution in [3.63, 3.8) is 0 Å². The van der Waals surface area contributed by atoms with Crippen LogP contribution in [0.15, 0.2) is 60.7 Å². The molecule has 6 heteroatoms. The SMILES string of the molecule is N#Cc1c(NC(=O)CN2CCN(C(c3ccccc3)c3ccccc3)CC2)sc2c1CCCCCC2. The summed E-state index contributed by atoms with van der Waals surface area (Å²) in [7, 11) is 0. The third kappa shape index (κ3) is 5.70. The number of aryl methyl sites for hydroxylation is 1. The Morgan fingerprint density at radius 3 is 2.11 bits per heavy atom. The van der Waals surface area contributed by atoms with Gasteiger partial charge in [0.05, 0.1) is 18.2 Å². The quantitative estimate of drug-likeness (QED) is 0.479. The van der Waals surface area contributed by atoms with E-state index < -0.39 is 0 Å². The third-order valence-electron chi connectivity index (χ3n) is 7.41. The molecule has 0 bridgehead atoms. The minimum absolute atomic E-state index is 0.0168. The maximum Gasteiger partial charge on any atom is 0.239 e. The van der Waals surface area contributed by atoms with Crippen LogP contribution in [0.5, 0.6) is 0 Å². The van der Waals surface area contributed by atoms with Gasteiger partial charge in [-0.15, -0.1) is 11.3 Å². The van der Waals surface area contributed by atoms with Gasteiger partial charge in [-0.25, -0.2) is 0 Å². The molecule has 2 aromatic carbocycles. The van der Waals surface area contributed by atoms with E-state index in [1.54, 1.807) is 11.3 Å². The van der Waals surface area contributed by atoms with E-state index in [0.717, 1.165) is 50.4 Å². The predicted octanol–water partition coefficient (Wildman–Crippen LogP) is 5.62. The number of rotatable bonds is 6. The minimum Gasteiger partial charge on any atom is -0.315 e. The van der Waals surface area contributed by atoms with Gasteiger partial charge in [0, 0.05) is 31.1 Å². The molecule has 0 saturated carbocycles. The molecule has 0 spiro atoms. The molecule has 1 aromatic heterocycles. The third-order valence-corrected chi connectivity index (χ3v) is 8.61. The van der Waals surface area contributed by atoms with Gasteiger partial charge < -0.3 is 5.32 Å². The lowest BCUT2D eigenvalue weighted by molar-refractivity contribution is -0.117. The predicted molar refractivity (Wildman–Crippen MR) is 146 cm³/mol. The summed E-state index contributed by atoms with van der Waals surface area (Å²) >= 11 is 1.62. The van der Waals surface area contributed by atoms with E-state index in [1.807, 2.05) is 0 Å². The first-order chi connectivity index (χ1) is 17.7. The second kappa shape index (κ2) is 11.8. The number of hydrogen-bond donors (Lipinski definition) is 1. The van der Waals surface area contributed by atoms with Crippen molar-refractivity contribution >= 4 is 22.2 Å². The fraction of sp³-hybridized carbons (Fsp3) is 0.400. The molecule has 0 radical (unpaired) electrons. The second-order valence-corrected chi connectivity index (χ2v) is 10.9. The average molecular weight is 499 g/mol. The van der Waals surface area contributed by atoms with Gasteiger partial charge in [0.25, 0.3) is 0 Å². The average Bonchev–Trinajstić information content (AvgIpc) is 3.21. The van der Waals surface area contributed by atoms with Crippen LogP contribution >= 0.6 is 11.3 Å². The van der Waals surface area contributed by atoms with Crippen LogP contribution in [0.1, 0.15) is 58.9 Å². The van der Waals surface area contributed by atoms with Crippen molar-refractivity contribution in [2.24, 2.45) is 0 Å². The molecular formula is C30H34N4OS. The smallest absolute Gasteiger partial charge is 0.239 e. The summed E-state index contributed by atoms with van der Waals surface area (Å²) in [6, 6.07) is 24.0. The fourth-order valence-electron chi connectivity index (χ4n) is 5.56. The van der Waals surface area contributed by atoms with Crippen molar-refractivity contribution < 1.29 is 4.79 Å². The van der Waals surface area contributed by atoms with Crippen molar-refractivity contribution in [1.29, 1.82) is 5.26 Å². The van der Waals surface area contributed by atoms with E-state index >= 15 is 0 Å². The maximum atomic E-state index is 13.0. The molecule has 1 saturated heterocycles. The summed E-state index contributed by atoms with van der Waals surface area (Å²) in [6.07, 6.45) is 6.75. The first-order valence-electron chi connectivity index (χ1n) is 13.1. The highest BCUT2D eigenvalue weighted by molar-refractivity contribution is 7.16. The molecule has 1 aliphatic carbocycles. The lowest BCUT2D eigenvalue weighted by Gasteiger charge is -2.39. The lowest BCUT2D eigenvalue weighted by Crippen LogP contribution is -2.49. The Labute approximate surface area is 218 Å². The summed E-state index contributed by atoms with van der Waals surface area (Å²) in [5, 5.41) is 13.7. The number of thiophene rings is 1. The van der Waals surface area contributed by atoms with E-state index in [0.29, 0.717) is 12.1 Å². The van der Waals surface area contributed by atoms with Gasteiger partial charge in [0.2, 0.25) is 5.91 Å². The standard InChI is InChI=1S/C30H34N4OS/c31-21-26-25-15-9-1-2-10-16-27(25)36-30(26)32-28(35)22-33-17-19-34(20-18-33)29(23-11-5-3-6-12-23)24-13-7-4-8-14-24/h3-8,11-14,29H,1-2,9-10,15-20,22H2,(H,32,35). The van der Waals surface area contributed by atoms with Crippen molar-refractivity contribution in [2.75, 3.05) is 38.0 Å². The second-order valence-electron chi connectivity index (χ2n) is 9.82.